The summed E-state index contributed by atoms with van der Waals surface area (Å²) in [6.45, 7) is 0. The minimum absolute atomic E-state index is 0.143. The molecule has 1 aromatic rings. The normalized spacial score (nSPS) is 12.3. The van der Waals surface area contributed by atoms with Crippen LogP contribution in [0.3, 0.4) is 0 Å². The van der Waals surface area contributed by atoms with E-state index < -0.39 is 6.10 Å². The van der Waals surface area contributed by atoms with Crippen LogP contribution in [0.4, 0.5) is 0 Å². The molecule has 0 aliphatic carbocycles. The maximum atomic E-state index is 9.79. The van der Waals surface area contributed by atoms with Gasteiger partial charge in [-0.15, -0.1) is 0 Å². The monoisotopic (exact) mass is 224 g/mol. The Morgan fingerprint density at radius 1 is 1.40 bits per heavy atom. The lowest BCUT2D eigenvalue weighted by molar-refractivity contribution is 0.167. The smallest absolute Gasteiger partial charge is 0.151 e. The van der Waals surface area contributed by atoms with Crippen molar-refractivity contribution in [2.45, 2.75) is 18.9 Å². The predicted molar refractivity (Wildman–Crippen MR) is 65.0 cm³/mol. The van der Waals surface area contributed by atoms with Crippen molar-refractivity contribution in [3.63, 3.8) is 0 Å². The van der Waals surface area contributed by atoms with Gasteiger partial charge in [-0.1, -0.05) is 42.1 Å². The van der Waals surface area contributed by atoms with Crippen LogP contribution in [-0.4, -0.2) is 16.0 Å². The summed E-state index contributed by atoms with van der Waals surface area (Å²) < 4.78 is 0. The first-order valence-corrected chi connectivity index (χ1v) is 5.88. The van der Waals surface area contributed by atoms with Crippen molar-refractivity contribution in [3.05, 3.63) is 35.9 Å². The number of aliphatic hydroxyl groups is 1. The van der Waals surface area contributed by atoms with Crippen LogP contribution in [0.5, 0.6) is 0 Å². The maximum Gasteiger partial charge on any atom is 0.151 e. The van der Waals surface area contributed by atoms with Gasteiger partial charge in [0.15, 0.2) is 5.17 Å². The first kappa shape index (κ1) is 12.1. The minimum atomic E-state index is -0.404. The molecule has 15 heavy (non-hydrogen) atoms. The molecular weight excluding hydrogens is 208 g/mol. The molecule has 1 rings (SSSR count). The van der Waals surface area contributed by atoms with Gasteiger partial charge < -0.3 is 10.8 Å². The van der Waals surface area contributed by atoms with Crippen molar-refractivity contribution in [2.75, 3.05) is 5.75 Å². The third-order valence-electron chi connectivity index (χ3n) is 2.06. The van der Waals surface area contributed by atoms with Crippen molar-refractivity contribution < 1.29 is 5.11 Å². The summed E-state index contributed by atoms with van der Waals surface area (Å²) in [7, 11) is 0. The van der Waals surface area contributed by atoms with Crippen molar-refractivity contribution in [1.82, 2.24) is 0 Å². The second-order valence-corrected chi connectivity index (χ2v) is 4.42. The first-order valence-electron chi connectivity index (χ1n) is 4.90. The maximum absolute atomic E-state index is 9.79. The summed E-state index contributed by atoms with van der Waals surface area (Å²) in [5, 5.41) is 17.0. The molecule has 1 unspecified atom stereocenters. The topological polar surface area (TPSA) is 70.1 Å². The highest BCUT2D eigenvalue weighted by Crippen LogP contribution is 2.18. The molecule has 0 aromatic heterocycles. The molecule has 0 saturated heterocycles. The summed E-state index contributed by atoms with van der Waals surface area (Å²) >= 11 is 1.32. The Labute approximate surface area is 94.2 Å². The van der Waals surface area contributed by atoms with E-state index >= 15 is 0 Å². The molecule has 0 fully saturated rings. The quantitative estimate of drug-likeness (QED) is 0.407. The number of rotatable bonds is 5. The van der Waals surface area contributed by atoms with Gasteiger partial charge in [0.1, 0.15) is 0 Å². The van der Waals surface area contributed by atoms with Crippen LogP contribution in [0, 0.1) is 5.41 Å². The molecule has 0 aliphatic heterocycles. The van der Waals surface area contributed by atoms with Crippen LogP contribution in [0.2, 0.25) is 0 Å². The van der Waals surface area contributed by atoms with Gasteiger partial charge in [-0.2, -0.15) is 0 Å². The molecule has 4 heteroatoms. The number of nitrogens with one attached hydrogen (secondary N) is 1. The lowest BCUT2D eigenvalue weighted by atomic mass is 10.1. The van der Waals surface area contributed by atoms with E-state index in [9.17, 15) is 5.11 Å². The number of benzene rings is 1. The van der Waals surface area contributed by atoms with E-state index in [1.807, 2.05) is 30.3 Å². The highest BCUT2D eigenvalue weighted by atomic mass is 32.2. The molecule has 0 radical (unpaired) electrons. The second kappa shape index (κ2) is 6.48. The summed E-state index contributed by atoms with van der Waals surface area (Å²) in [4.78, 5) is 0. The molecule has 0 amide bonds. The lowest BCUT2D eigenvalue weighted by Gasteiger charge is -2.09. The first-order chi connectivity index (χ1) is 7.20. The second-order valence-electron chi connectivity index (χ2n) is 3.28. The lowest BCUT2D eigenvalue weighted by Crippen LogP contribution is -2.05. The molecule has 0 saturated carbocycles. The van der Waals surface area contributed by atoms with Gasteiger partial charge >= 0.3 is 0 Å². The molecule has 0 bridgehead atoms. The Balaban J connectivity index is 2.25. The number of hydrogen-bond donors (Lipinski definition) is 3. The van der Waals surface area contributed by atoms with Crippen LogP contribution in [-0.2, 0) is 0 Å². The fourth-order valence-electron chi connectivity index (χ4n) is 1.30. The van der Waals surface area contributed by atoms with E-state index in [0.29, 0.717) is 6.42 Å². The van der Waals surface area contributed by atoms with Gasteiger partial charge in [0.25, 0.3) is 0 Å². The van der Waals surface area contributed by atoms with E-state index in [0.717, 1.165) is 17.7 Å². The van der Waals surface area contributed by atoms with Gasteiger partial charge in [-0.25, -0.2) is 0 Å². The van der Waals surface area contributed by atoms with Crippen LogP contribution < -0.4 is 5.73 Å². The van der Waals surface area contributed by atoms with Crippen LogP contribution >= 0.6 is 11.8 Å². The molecule has 82 valence electrons. The number of hydrogen-bond acceptors (Lipinski definition) is 3. The van der Waals surface area contributed by atoms with Gasteiger partial charge in [0.2, 0.25) is 0 Å². The fraction of sp³-hybridized carbons (Fsp3) is 0.364. The summed E-state index contributed by atoms with van der Waals surface area (Å²) in [5.41, 5.74) is 6.15. The third-order valence-corrected chi connectivity index (χ3v) is 2.87. The van der Waals surface area contributed by atoms with Gasteiger partial charge in [0, 0.05) is 5.75 Å². The van der Waals surface area contributed by atoms with Gasteiger partial charge in [0.05, 0.1) is 6.10 Å². The Morgan fingerprint density at radius 3 is 2.67 bits per heavy atom. The van der Waals surface area contributed by atoms with Gasteiger partial charge in [-0.05, 0) is 18.4 Å². The van der Waals surface area contributed by atoms with Crippen LogP contribution in [0.1, 0.15) is 24.5 Å². The van der Waals surface area contributed by atoms with Crippen molar-refractivity contribution in [3.8, 4) is 0 Å². The summed E-state index contributed by atoms with van der Waals surface area (Å²) in [6, 6.07) is 9.61. The standard InChI is InChI=1S/C11H16N2OS/c12-11(13)15-8-4-7-10(14)9-5-2-1-3-6-9/h1-3,5-6,10,14H,4,7-8H2,(H3,12,13). The molecule has 3 nitrogen and oxygen atoms in total. The highest BCUT2D eigenvalue weighted by molar-refractivity contribution is 8.13. The Kier molecular flexibility index (Phi) is 5.21. The SMILES string of the molecule is N=C(N)SCCCC(O)c1ccccc1. The zero-order valence-corrected chi connectivity index (χ0v) is 9.33. The Hall–Kier alpha value is -1.00. The van der Waals surface area contributed by atoms with Crippen molar-refractivity contribution in [2.24, 2.45) is 5.73 Å². The number of amidine groups is 1. The fourth-order valence-corrected chi connectivity index (χ4v) is 1.83. The van der Waals surface area contributed by atoms with E-state index in [4.69, 9.17) is 11.1 Å². The Bertz CT molecular complexity index is 303. The van der Waals surface area contributed by atoms with Crippen molar-refractivity contribution in [1.29, 1.82) is 5.41 Å². The third kappa shape index (κ3) is 4.85. The zero-order valence-electron chi connectivity index (χ0n) is 8.52. The summed E-state index contributed by atoms with van der Waals surface area (Å²) in [6.07, 6.45) is 1.17. The number of aliphatic hydroxyl groups excluding tert-OH is 1. The average Bonchev–Trinajstić information content (AvgIpc) is 2.25. The van der Waals surface area contributed by atoms with Crippen molar-refractivity contribution >= 4 is 16.9 Å². The summed E-state index contributed by atoms with van der Waals surface area (Å²) in [5.74, 6) is 0.791. The molecule has 0 spiro atoms. The average molecular weight is 224 g/mol. The molecular formula is C11H16N2OS. The molecule has 4 N–H and O–H groups in total. The van der Waals surface area contributed by atoms with E-state index in [1.165, 1.54) is 11.8 Å². The minimum Gasteiger partial charge on any atom is -0.388 e. The Morgan fingerprint density at radius 2 is 2.07 bits per heavy atom. The predicted octanol–water partition coefficient (Wildman–Crippen LogP) is 2.13. The molecule has 0 aliphatic rings. The molecule has 1 atom stereocenters. The van der Waals surface area contributed by atoms with Gasteiger partial charge in [-0.3, -0.25) is 5.41 Å². The molecule has 0 heterocycles. The van der Waals surface area contributed by atoms with E-state index in [1.54, 1.807) is 0 Å². The van der Waals surface area contributed by atoms with E-state index in [-0.39, 0.29) is 5.17 Å². The number of nitrogens with two attached hydrogens (primary N) is 1. The number of thioether (sulfide) groups is 1. The largest absolute Gasteiger partial charge is 0.388 e. The van der Waals surface area contributed by atoms with Crippen LogP contribution in [0.15, 0.2) is 30.3 Å². The molecule has 1 aromatic carbocycles. The highest BCUT2D eigenvalue weighted by Gasteiger charge is 2.05. The zero-order chi connectivity index (χ0) is 11.1. The van der Waals surface area contributed by atoms with Crippen LogP contribution in [0.25, 0.3) is 0 Å². The van der Waals surface area contributed by atoms with E-state index in [2.05, 4.69) is 0 Å².